The number of carbonyl (C=O) groups is 1. The van der Waals surface area contributed by atoms with E-state index in [4.69, 9.17) is 0 Å². The molecule has 0 unspecified atom stereocenters. The molecular weight excluding hydrogens is 284 g/mol. The Balaban J connectivity index is 1.46. The van der Waals surface area contributed by atoms with Crippen LogP contribution in [0.3, 0.4) is 0 Å². The summed E-state index contributed by atoms with van der Waals surface area (Å²) in [5, 5.41) is 6.77. The lowest BCUT2D eigenvalue weighted by molar-refractivity contribution is 0.0913. The zero-order valence-corrected chi connectivity index (χ0v) is 12.6. The summed E-state index contributed by atoms with van der Waals surface area (Å²) in [7, 11) is 0. The fourth-order valence-corrected chi connectivity index (χ4v) is 3.02. The second-order valence-electron chi connectivity index (χ2n) is 5.29. The molecule has 0 atom stereocenters. The minimum Gasteiger partial charge on any atom is -0.348 e. The van der Waals surface area contributed by atoms with Crippen molar-refractivity contribution in [2.45, 2.75) is 25.4 Å². The van der Waals surface area contributed by atoms with Crippen molar-refractivity contribution in [2.24, 2.45) is 0 Å². The monoisotopic (exact) mass is 302 g/mol. The van der Waals surface area contributed by atoms with Crippen molar-refractivity contribution in [3.8, 4) is 0 Å². The maximum absolute atomic E-state index is 12.0. The molecule has 1 fully saturated rings. The Morgan fingerprint density at radius 2 is 2.05 bits per heavy atom. The normalized spacial score (nSPS) is 16.8. The summed E-state index contributed by atoms with van der Waals surface area (Å²) in [6, 6.07) is 10.8. The van der Waals surface area contributed by atoms with Gasteiger partial charge in [0.1, 0.15) is 4.88 Å². The minimum absolute atomic E-state index is 0.0495. The number of aromatic nitrogens is 2. The molecule has 1 aromatic carbocycles. The highest BCUT2D eigenvalue weighted by Gasteiger charge is 2.21. The number of likely N-dealkylation sites (tertiary alicyclic amines) is 1. The molecule has 0 spiro atoms. The number of rotatable bonds is 4. The van der Waals surface area contributed by atoms with Gasteiger partial charge in [-0.05, 0) is 29.9 Å². The lowest BCUT2D eigenvalue weighted by atomic mass is 10.0. The molecule has 1 amide bonds. The van der Waals surface area contributed by atoms with Gasteiger partial charge < -0.3 is 5.32 Å². The number of hydrogen-bond donors (Lipinski definition) is 1. The second-order valence-corrected chi connectivity index (χ2v) is 6.08. The van der Waals surface area contributed by atoms with Crippen LogP contribution in [-0.2, 0) is 6.54 Å². The Morgan fingerprint density at radius 3 is 2.71 bits per heavy atom. The minimum atomic E-state index is -0.0495. The lowest BCUT2D eigenvalue weighted by Gasteiger charge is -2.32. The SMILES string of the molecule is O=C(NC1CCN(Cc2ccccc2)CC1)c1cnns1. The molecule has 2 aromatic rings. The van der Waals surface area contributed by atoms with Crippen LogP contribution in [0, 0.1) is 0 Å². The van der Waals surface area contributed by atoms with E-state index < -0.39 is 0 Å². The Bertz CT molecular complexity index is 565. The number of carbonyl (C=O) groups excluding carboxylic acids is 1. The molecule has 6 heteroatoms. The third-order valence-corrected chi connectivity index (χ3v) is 4.42. The predicted molar refractivity (Wildman–Crippen MR) is 82.1 cm³/mol. The highest BCUT2D eigenvalue weighted by atomic mass is 32.1. The van der Waals surface area contributed by atoms with E-state index in [2.05, 4.69) is 44.1 Å². The van der Waals surface area contributed by atoms with Gasteiger partial charge in [0.05, 0.1) is 6.20 Å². The van der Waals surface area contributed by atoms with Crippen LogP contribution in [0.25, 0.3) is 0 Å². The summed E-state index contributed by atoms with van der Waals surface area (Å²) in [6.07, 6.45) is 3.50. The van der Waals surface area contributed by atoms with E-state index in [0.29, 0.717) is 4.88 Å². The van der Waals surface area contributed by atoms with Crippen molar-refractivity contribution in [3.63, 3.8) is 0 Å². The topological polar surface area (TPSA) is 58.1 Å². The van der Waals surface area contributed by atoms with Gasteiger partial charge in [0.2, 0.25) is 0 Å². The Morgan fingerprint density at radius 1 is 1.29 bits per heavy atom. The molecule has 0 bridgehead atoms. The molecule has 21 heavy (non-hydrogen) atoms. The zero-order valence-electron chi connectivity index (χ0n) is 11.7. The predicted octanol–water partition coefficient (Wildman–Crippen LogP) is 1.93. The van der Waals surface area contributed by atoms with E-state index in [0.717, 1.165) is 44.0 Å². The van der Waals surface area contributed by atoms with E-state index in [1.165, 1.54) is 11.8 Å². The molecule has 5 nitrogen and oxygen atoms in total. The maximum atomic E-state index is 12.0. The van der Waals surface area contributed by atoms with Gasteiger partial charge in [-0.25, -0.2) is 0 Å². The number of nitrogens with zero attached hydrogens (tertiary/aromatic N) is 3. The molecule has 1 N–H and O–H groups in total. The zero-order chi connectivity index (χ0) is 14.5. The molecular formula is C15H18N4OS. The second kappa shape index (κ2) is 6.78. The summed E-state index contributed by atoms with van der Waals surface area (Å²) in [5.41, 5.74) is 1.34. The quantitative estimate of drug-likeness (QED) is 0.937. The molecule has 0 saturated carbocycles. The average molecular weight is 302 g/mol. The number of nitrogens with one attached hydrogen (secondary N) is 1. The summed E-state index contributed by atoms with van der Waals surface area (Å²) in [6.45, 7) is 3.02. The molecule has 110 valence electrons. The van der Waals surface area contributed by atoms with E-state index in [1.54, 1.807) is 0 Å². The van der Waals surface area contributed by atoms with Crippen LogP contribution in [-0.4, -0.2) is 39.5 Å². The van der Waals surface area contributed by atoms with Crippen molar-refractivity contribution < 1.29 is 4.79 Å². The summed E-state index contributed by atoms with van der Waals surface area (Å²) < 4.78 is 3.72. The fourth-order valence-electron chi connectivity index (χ4n) is 2.60. The number of hydrogen-bond acceptors (Lipinski definition) is 5. The van der Waals surface area contributed by atoms with Crippen molar-refractivity contribution in [1.29, 1.82) is 0 Å². The fraction of sp³-hybridized carbons (Fsp3) is 0.400. The van der Waals surface area contributed by atoms with Crippen LogP contribution >= 0.6 is 11.5 Å². The third kappa shape index (κ3) is 3.86. The van der Waals surface area contributed by atoms with Gasteiger partial charge in [-0.2, -0.15) is 0 Å². The smallest absolute Gasteiger partial charge is 0.264 e. The summed E-state index contributed by atoms with van der Waals surface area (Å²) in [5.74, 6) is -0.0495. The standard InChI is InChI=1S/C15H18N4OS/c20-15(14-10-16-18-21-14)17-13-6-8-19(9-7-13)11-12-4-2-1-3-5-12/h1-5,10,13H,6-9,11H2,(H,17,20). The molecule has 1 aliphatic heterocycles. The average Bonchev–Trinajstić information content (AvgIpc) is 3.05. The molecule has 1 aliphatic rings. The van der Waals surface area contributed by atoms with Crippen LogP contribution in [0.15, 0.2) is 36.5 Å². The van der Waals surface area contributed by atoms with E-state index in [1.807, 2.05) is 6.07 Å². The number of benzene rings is 1. The van der Waals surface area contributed by atoms with Crippen LogP contribution in [0.2, 0.25) is 0 Å². The molecule has 2 heterocycles. The molecule has 0 aliphatic carbocycles. The maximum Gasteiger partial charge on any atom is 0.264 e. The van der Waals surface area contributed by atoms with Gasteiger partial charge in [-0.3, -0.25) is 9.69 Å². The molecule has 1 saturated heterocycles. The van der Waals surface area contributed by atoms with E-state index >= 15 is 0 Å². The molecule has 1 aromatic heterocycles. The van der Waals surface area contributed by atoms with Gasteiger partial charge in [0.15, 0.2) is 0 Å². The highest BCUT2D eigenvalue weighted by Crippen LogP contribution is 2.14. The van der Waals surface area contributed by atoms with Crippen molar-refractivity contribution in [3.05, 3.63) is 47.0 Å². The first kappa shape index (κ1) is 14.2. The molecule has 3 rings (SSSR count). The molecule has 0 radical (unpaired) electrons. The first-order valence-electron chi connectivity index (χ1n) is 7.16. The van der Waals surface area contributed by atoms with Gasteiger partial charge in [-0.15, -0.1) is 5.10 Å². The lowest BCUT2D eigenvalue weighted by Crippen LogP contribution is -2.44. The van der Waals surface area contributed by atoms with Crippen molar-refractivity contribution >= 4 is 17.4 Å². The first-order valence-corrected chi connectivity index (χ1v) is 7.93. The van der Waals surface area contributed by atoms with Gasteiger partial charge in [0, 0.05) is 25.7 Å². The summed E-state index contributed by atoms with van der Waals surface area (Å²) >= 11 is 1.14. The highest BCUT2D eigenvalue weighted by molar-refractivity contribution is 7.07. The Kier molecular flexibility index (Phi) is 4.57. The Labute approximate surface area is 128 Å². The van der Waals surface area contributed by atoms with Crippen LogP contribution < -0.4 is 5.32 Å². The van der Waals surface area contributed by atoms with Crippen LogP contribution in [0.5, 0.6) is 0 Å². The third-order valence-electron chi connectivity index (χ3n) is 3.76. The largest absolute Gasteiger partial charge is 0.348 e. The van der Waals surface area contributed by atoms with Crippen molar-refractivity contribution in [1.82, 2.24) is 19.8 Å². The summed E-state index contributed by atoms with van der Waals surface area (Å²) in [4.78, 5) is 15.0. The van der Waals surface area contributed by atoms with E-state index in [-0.39, 0.29) is 11.9 Å². The van der Waals surface area contributed by atoms with Crippen LogP contribution in [0.4, 0.5) is 0 Å². The van der Waals surface area contributed by atoms with Gasteiger partial charge in [-0.1, -0.05) is 34.8 Å². The van der Waals surface area contributed by atoms with Gasteiger partial charge in [0.25, 0.3) is 5.91 Å². The van der Waals surface area contributed by atoms with Crippen LogP contribution in [0.1, 0.15) is 28.1 Å². The van der Waals surface area contributed by atoms with Gasteiger partial charge >= 0.3 is 0 Å². The number of amides is 1. The van der Waals surface area contributed by atoms with Crippen molar-refractivity contribution in [2.75, 3.05) is 13.1 Å². The van der Waals surface area contributed by atoms with E-state index in [9.17, 15) is 4.79 Å². The number of piperidine rings is 1. The first-order chi connectivity index (χ1) is 10.3. The Hall–Kier alpha value is -1.79.